The number of nitro groups is 1. The third kappa shape index (κ3) is 5.86. The van der Waals surface area contributed by atoms with Gasteiger partial charge in [-0.05, 0) is 30.5 Å². The van der Waals surface area contributed by atoms with E-state index in [1.165, 1.54) is 17.7 Å². The zero-order chi connectivity index (χ0) is 18.8. The van der Waals surface area contributed by atoms with E-state index in [4.69, 9.17) is 4.74 Å². The van der Waals surface area contributed by atoms with Gasteiger partial charge in [-0.1, -0.05) is 30.3 Å². The summed E-state index contributed by atoms with van der Waals surface area (Å²) >= 11 is 0. The molecule has 0 aliphatic heterocycles. The minimum atomic E-state index is -0.511. The van der Waals surface area contributed by atoms with Crippen LogP contribution in [0.15, 0.2) is 48.5 Å². The Kier molecular flexibility index (Phi) is 7.57. The number of carbonyl (C=O) groups is 1. The van der Waals surface area contributed by atoms with E-state index in [2.05, 4.69) is 22.8 Å². The topological polar surface area (TPSA) is 93.5 Å². The fraction of sp³-hybridized carbons (Fsp3) is 0.316. The monoisotopic (exact) mass is 357 g/mol. The molecule has 0 heterocycles. The number of ether oxygens (including phenoxy) is 1. The van der Waals surface area contributed by atoms with Crippen LogP contribution in [0.2, 0.25) is 0 Å². The molecular weight excluding hydrogens is 334 g/mol. The number of hydrogen-bond acceptors (Lipinski definition) is 5. The van der Waals surface area contributed by atoms with Gasteiger partial charge in [0, 0.05) is 31.8 Å². The summed E-state index contributed by atoms with van der Waals surface area (Å²) in [6, 6.07) is 14.5. The van der Waals surface area contributed by atoms with Gasteiger partial charge in [-0.3, -0.25) is 14.9 Å². The lowest BCUT2D eigenvalue weighted by Crippen LogP contribution is -2.25. The van der Waals surface area contributed by atoms with Crippen molar-refractivity contribution >= 4 is 17.3 Å². The molecule has 0 radical (unpaired) electrons. The molecular formula is C19H23N3O4. The van der Waals surface area contributed by atoms with E-state index in [1.54, 1.807) is 13.1 Å². The van der Waals surface area contributed by atoms with Crippen molar-refractivity contribution in [2.24, 2.45) is 0 Å². The van der Waals surface area contributed by atoms with Gasteiger partial charge < -0.3 is 15.4 Å². The average Bonchev–Trinajstić information content (AvgIpc) is 2.67. The summed E-state index contributed by atoms with van der Waals surface area (Å²) in [7, 11) is 1.60. The number of nitro benzene ring substituents is 1. The Bertz CT molecular complexity index is 735. The maximum atomic E-state index is 12.1. The Morgan fingerprint density at radius 3 is 2.62 bits per heavy atom. The molecule has 0 aliphatic rings. The summed E-state index contributed by atoms with van der Waals surface area (Å²) < 4.78 is 5.56. The first-order valence-corrected chi connectivity index (χ1v) is 8.48. The fourth-order valence-corrected chi connectivity index (χ4v) is 2.45. The standard InChI is InChI=1S/C19H23N3O4/c1-20-17-9-8-16(14-18(17)22(24)25)19(23)21-11-5-12-26-13-10-15-6-3-2-4-7-15/h2-4,6-9,14,20H,5,10-13H2,1H3,(H,21,23). The van der Waals surface area contributed by atoms with Crippen LogP contribution in [0.1, 0.15) is 22.3 Å². The summed E-state index contributed by atoms with van der Waals surface area (Å²) in [5.41, 5.74) is 1.75. The van der Waals surface area contributed by atoms with Gasteiger partial charge in [-0.2, -0.15) is 0 Å². The highest BCUT2D eigenvalue weighted by molar-refractivity contribution is 5.95. The minimum absolute atomic E-state index is 0.121. The smallest absolute Gasteiger partial charge is 0.293 e. The maximum absolute atomic E-state index is 12.1. The van der Waals surface area contributed by atoms with Gasteiger partial charge in [-0.25, -0.2) is 0 Å². The fourth-order valence-electron chi connectivity index (χ4n) is 2.45. The number of benzene rings is 2. The van der Waals surface area contributed by atoms with E-state index < -0.39 is 4.92 Å². The van der Waals surface area contributed by atoms with Crippen LogP contribution in [0.25, 0.3) is 0 Å². The van der Waals surface area contributed by atoms with E-state index in [0.717, 1.165) is 6.42 Å². The number of rotatable bonds is 10. The van der Waals surface area contributed by atoms with E-state index in [0.29, 0.717) is 31.9 Å². The number of carbonyl (C=O) groups excluding carboxylic acids is 1. The van der Waals surface area contributed by atoms with Gasteiger partial charge in [0.1, 0.15) is 5.69 Å². The van der Waals surface area contributed by atoms with Gasteiger partial charge in [0.25, 0.3) is 11.6 Å². The van der Waals surface area contributed by atoms with Crippen molar-refractivity contribution in [3.8, 4) is 0 Å². The van der Waals surface area contributed by atoms with Crippen molar-refractivity contribution < 1.29 is 14.5 Å². The minimum Gasteiger partial charge on any atom is -0.383 e. The van der Waals surface area contributed by atoms with E-state index in [-0.39, 0.29) is 17.2 Å². The Morgan fingerprint density at radius 2 is 1.92 bits per heavy atom. The first kappa shape index (κ1) is 19.4. The predicted octanol–water partition coefficient (Wildman–Crippen LogP) is 3.02. The Hall–Kier alpha value is -2.93. The number of hydrogen-bond donors (Lipinski definition) is 2. The zero-order valence-corrected chi connectivity index (χ0v) is 14.7. The lowest BCUT2D eigenvalue weighted by molar-refractivity contribution is -0.384. The largest absolute Gasteiger partial charge is 0.383 e. The van der Waals surface area contributed by atoms with Gasteiger partial charge in [0.15, 0.2) is 0 Å². The molecule has 26 heavy (non-hydrogen) atoms. The Morgan fingerprint density at radius 1 is 1.15 bits per heavy atom. The van der Waals surface area contributed by atoms with Crippen LogP contribution >= 0.6 is 0 Å². The first-order valence-electron chi connectivity index (χ1n) is 8.48. The van der Waals surface area contributed by atoms with E-state index in [9.17, 15) is 14.9 Å². The predicted molar refractivity (Wildman–Crippen MR) is 101 cm³/mol. The molecule has 7 nitrogen and oxygen atoms in total. The summed E-state index contributed by atoms with van der Waals surface area (Å²) in [6.07, 6.45) is 1.53. The van der Waals surface area contributed by atoms with Gasteiger partial charge in [-0.15, -0.1) is 0 Å². The van der Waals surface area contributed by atoms with E-state index >= 15 is 0 Å². The lowest BCUT2D eigenvalue weighted by Gasteiger charge is -2.08. The van der Waals surface area contributed by atoms with Crippen molar-refractivity contribution in [3.63, 3.8) is 0 Å². The van der Waals surface area contributed by atoms with Crippen molar-refractivity contribution in [1.29, 1.82) is 0 Å². The quantitative estimate of drug-likeness (QED) is 0.387. The molecule has 2 aromatic carbocycles. The van der Waals surface area contributed by atoms with Crippen LogP contribution in [-0.4, -0.2) is 37.6 Å². The molecule has 0 bridgehead atoms. The van der Waals surface area contributed by atoms with Gasteiger partial charge in [0.05, 0.1) is 11.5 Å². The summed E-state index contributed by atoms with van der Waals surface area (Å²) in [6.45, 7) is 1.63. The normalized spacial score (nSPS) is 10.3. The number of nitrogens with one attached hydrogen (secondary N) is 2. The molecule has 2 rings (SSSR count). The Labute approximate surface area is 152 Å². The molecule has 0 spiro atoms. The van der Waals surface area contributed by atoms with Gasteiger partial charge >= 0.3 is 0 Å². The molecule has 0 aromatic heterocycles. The highest BCUT2D eigenvalue weighted by Gasteiger charge is 2.16. The maximum Gasteiger partial charge on any atom is 0.293 e. The molecule has 0 atom stereocenters. The zero-order valence-electron chi connectivity index (χ0n) is 14.7. The van der Waals surface area contributed by atoms with Crippen molar-refractivity contribution in [3.05, 3.63) is 69.8 Å². The average molecular weight is 357 g/mol. The molecule has 2 N–H and O–H groups in total. The van der Waals surface area contributed by atoms with Crippen molar-refractivity contribution in [2.75, 3.05) is 32.1 Å². The van der Waals surface area contributed by atoms with Crippen LogP contribution in [0.5, 0.6) is 0 Å². The highest BCUT2D eigenvalue weighted by atomic mass is 16.6. The molecule has 0 saturated heterocycles. The first-order chi connectivity index (χ1) is 12.6. The number of amides is 1. The van der Waals surface area contributed by atoms with Gasteiger partial charge in [0.2, 0.25) is 0 Å². The molecule has 0 unspecified atom stereocenters. The lowest BCUT2D eigenvalue weighted by atomic mass is 10.1. The van der Waals surface area contributed by atoms with Crippen LogP contribution in [0.3, 0.4) is 0 Å². The highest BCUT2D eigenvalue weighted by Crippen LogP contribution is 2.24. The van der Waals surface area contributed by atoms with Crippen LogP contribution < -0.4 is 10.6 Å². The molecule has 7 heteroatoms. The second-order valence-corrected chi connectivity index (χ2v) is 5.70. The summed E-state index contributed by atoms with van der Waals surface area (Å²) in [5.74, 6) is -0.333. The van der Waals surface area contributed by atoms with Crippen LogP contribution in [0, 0.1) is 10.1 Å². The third-order valence-electron chi connectivity index (χ3n) is 3.85. The van der Waals surface area contributed by atoms with Crippen LogP contribution in [-0.2, 0) is 11.2 Å². The molecule has 2 aromatic rings. The molecule has 0 saturated carbocycles. The number of nitrogens with zero attached hydrogens (tertiary/aromatic N) is 1. The summed E-state index contributed by atoms with van der Waals surface area (Å²) in [5, 5.41) is 16.5. The molecule has 1 amide bonds. The molecule has 138 valence electrons. The number of anilines is 1. The Balaban J connectivity index is 1.69. The van der Waals surface area contributed by atoms with E-state index in [1.807, 2.05) is 18.2 Å². The molecule has 0 aliphatic carbocycles. The SMILES string of the molecule is CNc1ccc(C(=O)NCCCOCCc2ccccc2)cc1[N+](=O)[O-]. The second-order valence-electron chi connectivity index (χ2n) is 5.70. The van der Waals surface area contributed by atoms with Crippen LogP contribution in [0.4, 0.5) is 11.4 Å². The van der Waals surface area contributed by atoms with Crippen molar-refractivity contribution in [1.82, 2.24) is 5.32 Å². The second kappa shape index (κ2) is 10.1. The summed E-state index contributed by atoms with van der Waals surface area (Å²) in [4.78, 5) is 22.6. The van der Waals surface area contributed by atoms with Crippen molar-refractivity contribution in [2.45, 2.75) is 12.8 Å². The molecule has 0 fully saturated rings. The third-order valence-corrected chi connectivity index (χ3v) is 3.85.